The summed E-state index contributed by atoms with van der Waals surface area (Å²) in [4.78, 5) is 0. The van der Waals surface area contributed by atoms with Crippen LogP contribution < -0.4 is 10.5 Å². The molecule has 1 aromatic carbocycles. The van der Waals surface area contributed by atoms with Crippen molar-refractivity contribution < 1.29 is 4.74 Å². The lowest BCUT2D eigenvalue weighted by molar-refractivity contribution is 0.408. The van der Waals surface area contributed by atoms with Crippen molar-refractivity contribution in [1.82, 2.24) is 0 Å². The van der Waals surface area contributed by atoms with Crippen molar-refractivity contribution in [3.63, 3.8) is 0 Å². The fourth-order valence-electron chi connectivity index (χ4n) is 1.20. The molecule has 0 aliphatic rings. The van der Waals surface area contributed by atoms with E-state index in [2.05, 4.69) is 13.8 Å². The molecule has 74 valence electrons. The molecular formula is C10H16ClNO. The quantitative estimate of drug-likeness (QED) is 0.747. The first-order valence-electron chi connectivity index (χ1n) is 4.08. The summed E-state index contributed by atoms with van der Waals surface area (Å²) in [6, 6.07) is 5.77. The van der Waals surface area contributed by atoms with Gasteiger partial charge in [-0.2, -0.15) is 0 Å². The zero-order valence-electron chi connectivity index (χ0n) is 8.20. The van der Waals surface area contributed by atoms with Gasteiger partial charge in [-0.1, -0.05) is 19.9 Å². The molecule has 1 aromatic rings. The minimum atomic E-state index is 0. The number of rotatable bonds is 2. The molecule has 2 nitrogen and oxygen atoms in total. The fourth-order valence-corrected chi connectivity index (χ4v) is 1.20. The Kier molecular flexibility index (Phi) is 4.63. The number of nitrogens with two attached hydrogens (primary N) is 1. The number of halogens is 1. The smallest absolute Gasteiger partial charge is 0.124 e. The molecule has 0 spiro atoms. The van der Waals surface area contributed by atoms with Gasteiger partial charge in [-0.25, -0.2) is 0 Å². The van der Waals surface area contributed by atoms with Gasteiger partial charge in [0.25, 0.3) is 0 Å². The maximum absolute atomic E-state index is 5.62. The number of benzene rings is 1. The third-order valence-electron chi connectivity index (χ3n) is 1.88. The number of ether oxygens (including phenoxy) is 1. The molecular weight excluding hydrogens is 186 g/mol. The van der Waals surface area contributed by atoms with Crippen molar-refractivity contribution in [3.05, 3.63) is 23.8 Å². The van der Waals surface area contributed by atoms with Gasteiger partial charge in [-0.15, -0.1) is 12.4 Å². The molecule has 0 heterocycles. The highest BCUT2D eigenvalue weighted by atomic mass is 35.5. The van der Waals surface area contributed by atoms with E-state index in [9.17, 15) is 0 Å². The van der Waals surface area contributed by atoms with Gasteiger partial charge in [-0.3, -0.25) is 0 Å². The Balaban J connectivity index is 0.00000144. The van der Waals surface area contributed by atoms with Crippen LogP contribution in [0.2, 0.25) is 0 Å². The number of hydrogen-bond donors (Lipinski definition) is 1. The van der Waals surface area contributed by atoms with Gasteiger partial charge in [-0.05, 0) is 17.5 Å². The van der Waals surface area contributed by atoms with Gasteiger partial charge < -0.3 is 10.5 Å². The maximum atomic E-state index is 5.62. The molecule has 0 atom stereocenters. The lowest BCUT2D eigenvalue weighted by Crippen LogP contribution is -1.95. The van der Waals surface area contributed by atoms with Crippen LogP contribution in [0.1, 0.15) is 25.3 Å². The average molecular weight is 202 g/mol. The molecule has 0 saturated carbocycles. The second-order valence-corrected chi connectivity index (χ2v) is 3.16. The molecule has 0 bridgehead atoms. The van der Waals surface area contributed by atoms with Crippen molar-refractivity contribution in [2.24, 2.45) is 0 Å². The first-order chi connectivity index (χ1) is 5.65. The molecule has 0 radical (unpaired) electrons. The first-order valence-corrected chi connectivity index (χ1v) is 4.08. The number of hydrogen-bond acceptors (Lipinski definition) is 2. The second kappa shape index (κ2) is 4.97. The zero-order chi connectivity index (χ0) is 9.14. The van der Waals surface area contributed by atoms with Gasteiger partial charge in [0.05, 0.1) is 7.11 Å². The predicted octanol–water partition coefficient (Wildman–Crippen LogP) is 2.82. The summed E-state index contributed by atoms with van der Waals surface area (Å²) in [7, 11) is 1.67. The summed E-state index contributed by atoms with van der Waals surface area (Å²) in [5.74, 6) is 1.35. The molecule has 0 aliphatic heterocycles. The van der Waals surface area contributed by atoms with Crippen LogP contribution in [0.5, 0.6) is 5.75 Å². The minimum Gasteiger partial charge on any atom is -0.496 e. The minimum absolute atomic E-state index is 0. The second-order valence-electron chi connectivity index (χ2n) is 3.16. The van der Waals surface area contributed by atoms with E-state index in [0.717, 1.165) is 11.4 Å². The van der Waals surface area contributed by atoms with E-state index in [1.807, 2.05) is 18.2 Å². The third-order valence-corrected chi connectivity index (χ3v) is 1.88. The average Bonchev–Trinajstić information content (AvgIpc) is 2.03. The van der Waals surface area contributed by atoms with E-state index in [0.29, 0.717) is 5.92 Å². The largest absolute Gasteiger partial charge is 0.496 e. The van der Waals surface area contributed by atoms with Crippen LogP contribution in [0.3, 0.4) is 0 Å². The van der Waals surface area contributed by atoms with Gasteiger partial charge in [0.15, 0.2) is 0 Å². The van der Waals surface area contributed by atoms with Crippen molar-refractivity contribution in [1.29, 1.82) is 0 Å². The molecule has 0 aromatic heterocycles. The Bertz CT molecular complexity index is 274. The molecule has 0 aliphatic carbocycles. The Morgan fingerprint density at radius 2 is 1.92 bits per heavy atom. The molecule has 0 fully saturated rings. The summed E-state index contributed by atoms with van der Waals surface area (Å²) in [6.45, 7) is 4.27. The van der Waals surface area contributed by atoms with Gasteiger partial charge in [0.2, 0.25) is 0 Å². The Morgan fingerprint density at radius 1 is 1.31 bits per heavy atom. The van der Waals surface area contributed by atoms with Crippen molar-refractivity contribution in [2.45, 2.75) is 19.8 Å². The third kappa shape index (κ3) is 2.81. The lowest BCUT2D eigenvalue weighted by atomic mass is 10.0. The molecule has 13 heavy (non-hydrogen) atoms. The first kappa shape index (κ1) is 12.1. The Labute approximate surface area is 85.5 Å². The van der Waals surface area contributed by atoms with Crippen LogP contribution in [0.15, 0.2) is 18.2 Å². The van der Waals surface area contributed by atoms with Crippen LogP contribution in [0.4, 0.5) is 5.69 Å². The van der Waals surface area contributed by atoms with E-state index in [1.165, 1.54) is 5.56 Å². The monoisotopic (exact) mass is 201 g/mol. The van der Waals surface area contributed by atoms with Crippen molar-refractivity contribution in [2.75, 3.05) is 12.8 Å². The number of anilines is 1. The summed E-state index contributed by atoms with van der Waals surface area (Å²) in [5, 5.41) is 0. The highest BCUT2D eigenvalue weighted by Crippen LogP contribution is 2.27. The summed E-state index contributed by atoms with van der Waals surface area (Å²) >= 11 is 0. The van der Waals surface area contributed by atoms with E-state index < -0.39 is 0 Å². The Hall–Kier alpha value is -0.890. The van der Waals surface area contributed by atoms with Gasteiger partial charge in [0.1, 0.15) is 5.75 Å². The van der Waals surface area contributed by atoms with Crippen LogP contribution in [-0.2, 0) is 0 Å². The molecule has 3 heteroatoms. The van der Waals surface area contributed by atoms with Crippen LogP contribution in [-0.4, -0.2) is 7.11 Å². The standard InChI is InChI=1S/C10H15NO.ClH/c1-7(2)9-5-4-8(11)6-10(9)12-3;/h4-7H,11H2,1-3H3;1H. The van der Waals surface area contributed by atoms with Gasteiger partial charge in [0, 0.05) is 11.8 Å². The highest BCUT2D eigenvalue weighted by Gasteiger charge is 2.06. The molecule has 2 N–H and O–H groups in total. The highest BCUT2D eigenvalue weighted by molar-refractivity contribution is 5.85. The lowest BCUT2D eigenvalue weighted by Gasteiger charge is -2.11. The van der Waals surface area contributed by atoms with E-state index in [1.54, 1.807) is 7.11 Å². The summed E-state index contributed by atoms with van der Waals surface area (Å²) < 4.78 is 5.21. The van der Waals surface area contributed by atoms with E-state index in [-0.39, 0.29) is 12.4 Å². The van der Waals surface area contributed by atoms with Crippen LogP contribution in [0, 0.1) is 0 Å². The Morgan fingerprint density at radius 3 is 2.38 bits per heavy atom. The van der Waals surface area contributed by atoms with Crippen molar-refractivity contribution in [3.8, 4) is 5.75 Å². The molecule has 0 amide bonds. The fraction of sp³-hybridized carbons (Fsp3) is 0.400. The molecule has 0 saturated heterocycles. The maximum Gasteiger partial charge on any atom is 0.124 e. The molecule has 0 unspecified atom stereocenters. The summed E-state index contributed by atoms with van der Waals surface area (Å²) in [5.41, 5.74) is 7.57. The normalized spacial score (nSPS) is 9.54. The molecule has 1 rings (SSSR count). The van der Waals surface area contributed by atoms with Gasteiger partial charge >= 0.3 is 0 Å². The van der Waals surface area contributed by atoms with Crippen LogP contribution >= 0.6 is 12.4 Å². The SMILES string of the molecule is COc1cc(N)ccc1C(C)C.Cl. The topological polar surface area (TPSA) is 35.2 Å². The van der Waals surface area contributed by atoms with Crippen LogP contribution in [0.25, 0.3) is 0 Å². The van der Waals surface area contributed by atoms with E-state index >= 15 is 0 Å². The number of methoxy groups -OCH3 is 1. The number of nitrogen functional groups attached to an aromatic ring is 1. The van der Waals surface area contributed by atoms with Crippen molar-refractivity contribution >= 4 is 18.1 Å². The van der Waals surface area contributed by atoms with E-state index in [4.69, 9.17) is 10.5 Å². The summed E-state index contributed by atoms with van der Waals surface area (Å²) in [6.07, 6.45) is 0. The zero-order valence-corrected chi connectivity index (χ0v) is 9.02. The predicted molar refractivity (Wildman–Crippen MR) is 58.7 cm³/mol.